The molecule has 0 atom stereocenters. The smallest absolute Gasteiger partial charge is 0.340 e. The summed E-state index contributed by atoms with van der Waals surface area (Å²) in [5, 5.41) is 3.15. The molecule has 108 valence electrons. The second-order valence-corrected chi connectivity index (χ2v) is 4.39. The van der Waals surface area contributed by atoms with Crippen molar-refractivity contribution in [2.45, 2.75) is 38.8 Å². The zero-order valence-electron chi connectivity index (χ0n) is 10.7. The summed E-state index contributed by atoms with van der Waals surface area (Å²) in [6.07, 6.45) is -2.30. The van der Waals surface area contributed by atoms with Crippen LogP contribution in [-0.4, -0.2) is 30.0 Å². The average molecular weight is 280 g/mol. The normalized spacial score (nSPS) is 12.2. The molecular weight excluding hydrogens is 264 g/mol. The van der Waals surface area contributed by atoms with Crippen molar-refractivity contribution in [3.05, 3.63) is 23.9 Å². The Morgan fingerprint density at radius 3 is 2.47 bits per heavy atom. The summed E-state index contributed by atoms with van der Waals surface area (Å²) in [6, 6.07) is 3.32. The minimum absolute atomic E-state index is 0.103. The van der Waals surface area contributed by atoms with Crippen LogP contribution in [-0.2, 0) is 6.54 Å². The molecule has 0 radical (unpaired) electrons. The van der Waals surface area contributed by atoms with Gasteiger partial charge < -0.3 is 10.1 Å². The fourth-order valence-electron chi connectivity index (χ4n) is 1.16. The molecule has 7 heteroatoms. The highest BCUT2D eigenvalue weighted by Gasteiger charge is 2.41. The molecule has 1 rings (SSSR count). The number of pyridine rings is 1. The Morgan fingerprint density at radius 1 is 1.32 bits per heavy atom. The van der Waals surface area contributed by atoms with Crippen LogP contribution in [0.2, 0.25) is 0 Å². The van der Waals surface area contributed by atoms with Gasteiger partial charge in [0.05, 0.1) is 0 Å². The van der Waals surface area contributed by atoms with Crippen LogP contribution in [0.1, 0.15) is 19.4 Å². The number of rotatable bonds is 7. The standard InChI is InChI=1S/C12H16F4N2O/c1-8(2)17-5-9-3-4-10(18-6-9)19-7-12(15,16)11(13)14/h3-4,6,8,11,17H,5,7H2,1-2H3. The van der Waals surface area contributed by atoms with E-state index in [1.54, 1.807) is 6.07 Å². The molecule has 0 fully saturated rings. The van der Waals surface area contributed by atoms with Gasteiger partial charge in [0.25, 0.3) is 0 Å². The van der Waals surface area contributed by atoms with Crippen LogP contribution in [0.15, 0.2) is 18.3 Å². The van der Waals surface area contributed by atoms with Gasteiger partial charge in [0.15, 0.2) is 6.61 Å². The predicted molar refractivity (Wildman–Crippen MR) is 62.7 cm³/mol. The van der Waals surface area contributed by atoms with E-state index in [-0.39, 0.29) is 5.88 Å². The van der Waals surface area contributed by atoms with E-state index in [0.717, 1.165) is 5.56 Å². The topological polar surface area (TPSA) is 34.1 Å². The molecule has 1 aromatic rings. The van der Waals surface area contributed by atoms with Gasteiger partial charge in [0.1, 0.15) is 0 Å². The number of ether oxygens (including phenoxy) is 1. The van der Waals surface area contributed by atoms with E-state index in [0.29, 0.717) is 12.6 Å². The molecule has 0 saturated carbocycles. The van der Waals surface area contributed by atoms with E-state index >= 15 is 0 Å². The third-order valence-electron chi connectivity index (χ3n) is 2.24. The molecule has 0 aromatic carbocycles. The first kappa shape index (κ1) is 15.7. The van der Waals surface area contributed by atoms with Crippen molar-refractivity contribution in [2.24, 2.45) is 0 Å². The second-order valence-electron chi connectivity index (χ2n) is 4.39. The zero-order chi connectivity index (χ0) is 14.5. The third kappa shape index (κ3) is 5.42. The first-order valence-corrected chi connectivity index (χ1v) is 5.78. The van der Waals surface area contributed by atoms with Crippen LogP contribution in [0.5, 0.6) is 5.88 Å². The van der Waals surface area contributed by atoms with Crippen molar-refractivity contribution in [3.8, 4) is 5.88 Å². The van der Waals surface area contributed by atoms with Crippen molar-refractivity contribution in [1.82, 2.24) is 10.3 Å². The summed E-state index contributed by atoms with van der Waals surface area (Å²) >= 11 is 0. The monoisotopic (exact) mass is 280 g/mol. The van der Waals surface area contributed by atoms with Gasteiger partial charge in [-0.15, -0.1) is 0 Å². The van der Waals surface area contributed by atoms with E-state index in [1.807, 2.05) is 13.8 Å². The summed E-state index contributed by atoms with van der Waals surface area (Å²) in [5.41, 5.74) is 0.849. The fourth-order valence-corrected chi connectivity index (χ4v) is 1.16. The van der Waals surface area contributed by atoms with Crippen LogP contribution in [0.3, 0.4) is 0 Å². The molecule has 1 N–H and O–H groups in total. The zero-order valence-corrected chi connectivity index (χ0v) is 10.7. The van der Waals surface area contributed by atoms with Crippen LogP contribution < -0.4 is 10.1 Å². The molecule has 0 amide bonds. The quantitative estimate of drug-likeness (QED) is 0.780. The lowest BCUT2D eigenvalue weighted by molar-refractivity contribution is -0.148. The van der Waals surface area contributed by atoms with E-state index in [1.165, 1.54) is 12.3 Å². The van der Waals surface area contributed by atoms with Gasteiger partial charge in [0.2, 0.25) is 5.88 Å². The lowest BCUT2D eigenvalue weighted by Crippen LogP contribution is -2.33. The number of nitrogens with one attached hydrogen (secondary N) is 1. The Hall–Kier alpha value is -1.37. The van der Waals surface area contributed by atoms with Gasteiger partial charge in [-0.3, -0.25) is 0 Å². The molecule has 19 heavy (non-hydrogen) atoms. The predicted octanol–water partition coefficient (Wildman–Crippen LogP) is 2.86. The Bertz CT molecular complexity index is 382. The van der Waals surface area contributed by atoms with E-state index < -0.39 is 19.0 Å². The number of aromatic nitrogens is 1. The Kier molecular flexibility index (Phi) is 5.53. The van der Waals surface area contributed by atoms with Crippen LogP contribution in [0.25, 0.3) is 0 Å². The molecule has 1 aromatic heterocycles. The van der Waals surface area contributed by atoms with Gasteiger partial charge in [0, 0.05) is 24.8 Å². The summed E-state index contributed by atoms with van der Waals surface area (Å²) < 4.78 is 53.6. The van der Waals surface area contributed by atoms with Gasteiger partial charge in [-0.1, -0.05) is 19.9 Å². The van der Waals surface area contributed by atoms with Crippen LogP contribution in [0, 0.1) is 0 Å². The molecule has 0 bridgehead atoms. The van der Waals surface area contributed by atoms with Gasteiger partial charge in [-0.05, 0) is 5.56 Å². The molecule has 0 spiro atoms. The SMILES string of the molecule is CC(C)NCc1ccc(OCC(F)(F)C(F)F)nc1. The molecule has 0 aliphatic heterocycles. The van der Waals surface area contributed by atoms with Crippen molar-refractivity contribution in [2.75, 3.05) is 6.61 Å². The lowest BCUT2D eigenvalue weighted by Gasteiger charge is -2.15. The van der Waals surface area contributed by atoms with E-state index in [4.69, 9.17) is 0 Å². The third-order valence-corrected chi connectivity index (χ3v) is 2.24. The summed E-state index contributed by atoms with van der Waals surface area (Å²) in [6.45, 7) is 3.16. The van der Waals surface area contributed by atoms with Gasteiger partial charge in [-0.25, -0.2) is 13.8 Å². The van der Waals surface area contributed by atoms with Crippen LogP contribution >= 0.6 is 0 Å². The number of alkyl halides is 4. The van der Waals surface area contributed by atoms with Gasteiger partial charge in [-0.2, -0.15) is 8.78 Å². The van der Waals surface area contributed by atoms with Crippen molar-refractivity contribution in [3.63, 3.8) is 0 Å². The number of hydrogen-bond donors (Lipinski definition) is 1. The van der Waals surface area contributed by atoms with Crippen molar-refractivity contribution >= 4 is 0 Å². The maximum absolute atomic E-state index is 12.6. The van der Waals surface area contributed by atoms with E-state index in [9.17, 15) is 17.6 Å². The highest BCUT2D eigenvalue weighted by atomic mass is 19.3. The maximum Gasteiger partial charge on any atom is 0.340 e. The minimum Gasteiger partial charge on any atom is -0.471 e. The Balaban J connectivity index is 2.48. The minimum atomic E-state index is -4.17. The van der Waals surface area contributed by atoms with Crippen molar-refractivity contribution < 1.29 is 22.3 Å². The molecule has 0 aliphatic rings. The molecule has 0 saturated heterocycles. The Labute approximate surface area is 109 Å². The molecular formula is C12H16F4N2O. The van der Waals surface area contributed by atoms with Crippen LogP contribution in [0.4, 0.5) is 17.6 Å². The highest BCUT2D eigenvalue weighted by molar-refractivity contribution is 5.17. The highest BCUT2D eigenvalue weighted by Crippen LogP contribution is 2.23. The van der Waals surface area contributed by atoms with Crippen molar-refractivity contribution in [1.29, 1.82) is 0 Å². The molecule has 3 nitrogen and oxygen atoms in total. The molecule has 0 aliphatic carbocycles. The largest absolute Gasteiger partial charge is 0.471 e. The first-order valence-electron chi connectivity index (χ1n) is 5.78. The molecule has 1 heterocycles. The number of halogens is 4. The number of hydrogen-bond acceptors (Lipinski definition) is 3. The average Bonchev–Trinajstić information content (AvgIpc) is 2.35. The fraction of sp³-hybridized carbons (Fsp3) is 0.583. The molecule has 0 unspecified atom stereocenters. The van der Waals surface area contributed by atoms with E-state index in [2.05, 4.69) is 15.0 Å². The summed E-state index contributed by atoms with van der Waals surface area (Å²) in [7, 11) is 0. The Morgan fingerprint density at radius 2 is 2.00 bits per heavy atom. The van der Waals surface area contributed by atoms with Gasteiger partial charge >= 0.3 is 12.3 Å². The summed E-state index contributed by atoms with van der Waals surface area (Å²) in [4.78, 5) is 3.78. The second kappa shape index (κ2) is 6.70. The summed E-state index contributed by atoms with van der Waals surface area (Å²) in [5.74, 6) is -4.27. The number of nitrogens with zero attached hydrogens (tertiary/aromatic N) is 1. The lowest BCUT2D eigenvalue weighted by atomic mass is 10.2. The maximum atomic E-state index is 12.6. The first-order chi connectivity index (χ1) is 8.81.